The second-order valence-electron chi connectivity index (χ2n) is 15.8. The molecule has 2 aromatic carbocycles. The summed E-state index contributed by atoms with van der Waals surface area (Å²) in [6, 6.07) is 2.56. The van der Waals surface area contributed by atoms with Gasteiger partial charge in [0.15, 0.2) is 17.2 Å². The number of rotatable bonds is 7. The molecule has 0 radical (unpaired) electrons. The minimum atomic E-state index is -3.18. The molecule has 0 spiro atoms. The number of amides is 1. The van der Waals surface area contributed by atoms with Crippen LogP contribution in [0.2, 0.25) is 0 Å². The number of phenols is 1. The van der Waals surface area contributed by atoms with E-state index in [0.717, 1.165) is 12.3 Å². The highest BCUT2D eigenvalue weighted by Crippen LogP contribution is 2.57. The van der Waals surface area contributed by atoms with Gasteiger partial charge in [-0.1, -0.05) is 12.1 Å². The van der Waals surface area contributed by atoms with E-state index in [4.69, 9.17) is 0 Å². The Morgan fingerprint density at radius 3 is 2.36 bits per heavy atom. The molecule has 3 unspecified atom stereocenters. The number of aromatic nitrogens is 1. The fourth-order valence-electron chi connectivity index (χ4n) is 9.44. The van der Waals surface area contributed by atoms with Gasteiger partial charge in [-0.3, -0.25) is 29.0 Å². The number of halogens is 2. The minimum absolute atomic E-state index is 0.00520. The number of fused-ring (bicyclic) bond motifs is 4. The minimum Gasteiger partial charge on any atom is -0.508 e. The standard InChI is InChI=1S/C40H43F2N5O12/c1-6-45-14-18(38(56)57)31(49)17-12-20(41)29(27(42)28(17)45)46-10-11-47(16(2)13-46)15-43-37(55)24-33(51)30(44(4)5)26-34(52)25-23(35(53)40(26,59)36(24)54)32(50)22-19(39(25,3)58)8-7-9-21(22)48/h7-9,12,14,16,25-26,30,34,48,50,52,54,58-59H,6,10-11,13,15H2,1-5H3,(H,43,55)(H,56,57)/t16?,25?,26?,30-,34-,39+,40-/m0/s1. The number of aromatic carboxylic acids is 1. The number of carbonyl (C=O) groups excluding carboxylic acids is 3. The molecule has 1 saturated carbocycles. The summed E-state index contributed by atoms with van der Waals surface area (Å²) >= 11 is 0. The van der Waals surface area contributed by atoms with Gasteiger partial charge in [-0.05, 0) is 52.6 Å². The first kappa shape index (κ1) is 41.4. The van der Waals surface area contributed by atoms with E-state index in [0.29, 0.717) is 0 Å². The summed E-state index contributed by atoms with van der Waals surface area (Å²) in [6.45, 7) is 4.35. The van der Waals surface area contributed by atoms with E-state index in [-0.39, 0.29) is 49.5 Å². The summed E-state index contributed by atoms with van der Waals surface area (Å²) in [5.41, 5.74) is -9.87. The van der Waals surface area contributed by atoms with Gasteiger partial charge in [-0.15, -0.1) is 0 Å². The zero-order valence-electron chi connectivity index (χ0n) is 32.5. The summed E-state index contributed by atoms with van der Waals surface area (Å²) in [5, 5.41) is 81.0. The van der Waals surface area contributed by atoms with Crippen molar-refractivity contribution in [3.8, 4) is 5.75 Å². The number of anilines is 1. The van der Waals surface area contributed by atoms with Crippen LogP contribution in [0.25, 0.3) is 16.7 Å². The maximum absolute atomic E-state index is 16.1. The second-order valence-corrected chi connectivity index (χ2v) is 15.8. The van der Waals surface area contributed by atoms with Crippen molar-refractivity contribution in [2.24, 2.45) is 11.8 Å². The molecule has 1 saturated heterocycles. The highest BCUT2D eigenvalue weighted by atomic mass is 19.1. The van der Waals surface area contributed by atoms with Crippen LogP contribution in [-0.2, 0) is 26.5 Å². The van der Waals surface area contributed by atoms with E-state index < -0.39 is 127 Å². The van der Waals surface area contributed by atoms with Gasteiger partial charge < -0.3 is 50.5 Å². The lowest BCUT2D eigenvalue weighted by Gasteiger charge is -2.55. The Bertz CT molecular complexity index is 2500. The molecule has 8 N–H and O–H groups in total. The number of hydrogen-bond acceptors (Lipinski definition) is 14. The smallest absolute Gasteiger partial charge is 0.341 e. The van der Waals surface area contributed by atoms with Gasteiger partial charge in [0, 0.05) is 38.4 Å². The number of phenolic OH excluding ortho intramolecular Hbond substituents is 1. The number of aryl methyl sites for hydroxylation is 1. The van der Waals surface area contributed by atoms with Gasteiger partial charge in [-0.25, -0.2) is 13.6 Å². The quantitative estimate of drug-likeness (QED) is 0.153. The zero-order chi connectivity index (χ0) is 43.4. The number of nitrogens with one attached hydrogen (secondary N) is 1. The van der Waals surface area contributed by atoms with Crippen LogP contribution in [0.1, 0.15) is 42.3 Å². The third-order valence-corrected chi connectivity index (χ3v) is 12.3. The monoisotopic (exact) mass is 823 g/mol. The summed E-state index contributed by atoms with van der Waals surface area (Å²) in [6.07, 6.45) is -0.991. The molecule has 59 heavy (non-hydrogen) atoms. The van der Waals surface area contributed by atoms with Gasteiger partial charge >= 0.3 is 5.97 Å². The maximum atomic E-state index is 16.1. The predicted octanol–water partition coefficient (Wildman–Crippen LogP) is 0.710. The summed E-state index contributed by atoms with van der Waals surface area (Å²) < 4.78 is 32.9. The topological polar surface area (TPSA) is 254 Å². The van der Waals surface area contributed by atoms with E-state index >= 15 is 8.78 Å². The Kier molecular flexibility index (Phi) is 9.99. The van der Waals surface area contributed by atoms with E-state index in [1.54, 1.807) is 18.7 Å². The molecule has 7 rings (SSSR count). The average molecular weight is 824 g/mol. The van der Waals surface area contributed by atoms with Crippen molar-refractivity contribution in [2.75, 3.05) is 45.3 Å². The first-order valence-corrected chi connectivity index (χ1v) is 18.8. The Balaban J connectivity index is 1.17. The van der Waals surface area contributed by atoms with Crippen LogP contribution < -0.4 is 15.6 Å². The summed E-state index contributed by atoms with van der Waals surface area (Å²) in [5.74, 6) is -13.7. The summed E-state index contributed by atoms with van der Waals surface area (Å²) in [4.78, 5) is 71.2. The number of aliphatic hydroxyl groups excluding tert-OH is 3. The van der Waals surface area contributed by atoms with Crippen molar-refractivity contribution < 1.29 is 63.7 Å². The van der Waals surface area contributed by atoms with Crippen LogP contribution in [0.3, 0.4) is 0 Å². The lowest BCUT2D eigenvalue weighted by molar-refractivity contribution is -0.181. The molecule has 2 heterocycles. The Hall–Kier alpha value is -5.73. The third-order valence-electron chi connectivity index (χ3n) is 12.3. The number of carbonyl (C=O) groups is 4. The molecular weight excluding hydrogens is 780 g/mol. The highest BCUT2D eigenvalue weighted by molar-refractivity contribution is 6.25. The third kappa shape index (κ3) is 5.85. The van der Waals surface area contributed by atoms with E-state index in [9.17, 15) is 59.7 Å². The second kappa shape index (κ2) is 14.2. The fraction of sp³-hybridized carbons (Fsp3) is 0.425. The molecule has 4 aliphatic rings. The maximum Gasteiger partial charge on any atom is 0.341 e. The van der Waals surface area contributed by atoms with Crippen molar-refractivity contribution in [3.05, 3.63) is 85.9 Å². The van der Waals surface area contributed by atoms with Crippen molar-refractivity contribution >= 4 is 45.8 Å². The molecule has 2 fully saturated rings. The van der Waals surface area contributed by atoms with Crippen molar-refractivity contribution in [1.29, 1.82) is 0 Å². The number of likely N-dealkylation sites (N-methyl/N-ethyl adjacent to an activating group) is 1. The molecule has 0 bridgehead atoms. The molecule has 3 aliphatic carbocycles. The highest BCUT2D eigenvalue weighted by Gasteiger charge is 2.70. The van der Waals surface area contributed by atoms with Crippen LogP contribution in [-0.4, -0.2) is 138 Å². The average Bonchev–Trinajstić information content (AvgIpc) is 3.16. The van der Waals surface area contributed by atoms with Crippen LogP contribution >= 0.6 is 0 Å². The van der Waals surface area contributed by atoms with Gasteiger partial charge in [-0.2, -0.15) is 0 Å². The molecule has 1 aromatic heterocycles. The van der Waals surface area contributed by atoms with Crippen LogP contribution in [0.5, 0.6) is 5.75 Å². The van der Waals surface area contributed by atoms with Gasteiger partial charge in [0.2, 0.25) is 11.2 Å². The summed E-state index contributed by atoms with van der Waals surface area (Å²) in [7, 11) is 2.76. The SMILES string of the molecule is CCn1cc(C(=O)O)c(=O)c2cc(F)c(N3CCN(CNC(=O)C4=C(O)[C@@]5(O)C(=O)C6=C(O)c7c(O)cccc7[C@@](C)(O)C6[C@H](O)C5[C@H](N(C)C)C4=O)C(C)C3)c(F)c21. The molecular formula is C40H43F2N5O12. The van der Waals surface area contributed by atoms with E-state index in [2.05, 4.69) is 5.32 Å². The molecule has 17 nitrogen and oxygen atoms in total. The number of carboxylic acid groups (broad SMARTS) is 1. The Labute approximate surface area is 334 Å². The Morgan fingerprint density at radius 2 is 1.75 bits per heavy atom. The lowest BCUT2D eigenvalue weighted by Crippen LogP contribution is -2.72. The van der Waals surface area contributed by atoms with Crippen LogP contribution in [0.4, 0.5) is 14.5 Å². The predicted molar refractivity (Wildman–Crippen MR) is 204 cm³/mol. The number of aliphatic hydroxyl groups is 5. The number of carboxylic acids is 1. The lowest BCUT2D eigenvalue weighted by atomic mass is 9.53. The van der Waals surface area contributed by atoms with Gasteiger partial charge in [0.25, 0.3) is 5.91 Å². The molecule has 7 atom stereocenters. The van der Waals surface area contributed by atoms with Gasteiger partial charge in [0.05, 0.1) is 58.3 Å². The molecule has 1 aliphatic heterocycles. The fourth-order valence-corrected chi connectivity index (χ4v) is 9.44. The van der Waals surface area contributed by atoms with E-state index in [1.807, 2.05) is 0 Å². The number of piperazine rings is 1. The number of aromatic hydroxyl groups is 1. The zero-order valence-corrected chi connectivity index (χ0v) is 32.5. The Morgan fingerprint density at radius 1 is 1.07 bits per heavy atom. The molecule has 1 amide bonds. The number of nitrogens with zero attached hydrogens (tertiary/aromatic N) is 4. The molecule has 19 heteroatoms. The van der Waals surface area contributed by atoms with Crippen LogP contribution in [0.15, 0.2) is 52.2 Å². The first-order valence-electron chi connectivity index (χ1n) is 18.8. The number of hydrogen-bond donors (Lipinski definition) is 8. The van der Waals surface area contributed by atoms with Crippen LogP contribution in [0, 0.1) is 23.5 Å². The van der Waals surface area contributed by atoms with E-state index in [1.165, 1.54) is 53.6 Å². The number of ketones is 2. The largest absolute Gasteiger partial charge is 0.508 e. The first-order chi connectivity index (χ1) is 27.6. The molecule has 3 aromatic rings. The van der Waals surface area contributed by atoms with Crippen molar-refractivity contribution in [1.82, 2.24) is 19.7 Å². The number of pyridine rings is 1. The molecule has 314 valence electrons. The van der Waals surface area contributed by atoms with Crippen molar-refractivity contribution in [2.45, 2.75) is 56.7 Å². The number of Topliss-reactive ketones (excluding diaryl/α,β-unsaturated/α-hetero) is 2. The van der Waals surface area contributed by atoms with Gasteiger partial charge in [0.1, 0.15) is 39.9 Å². The number of benzene rings is 2. The normalized spacial score (nSPS) is 28.5. The van der Waals surface area contributed by atoms with Crippen molar-refractivity contribution in [3.63, 3.8) is 0 Å².